The standard InChI is InChI=1S/C24H23F2N5O/c25-24(26)7-3-10-31(11-8-24)23-16(12-15-4-1-2-5-17(15)30-23)19-13-21(32)22-18(29-19)6-9-28-20(22)14-27/h6,9,12-13H,1-5,7-8,10-11H2,(H,29,32). The van der Waals surface area contributed by atoms with Crippen LogP contribution >= 0.6 is 0 Å². The van der Waals surface area contributed by atoms with Crippen LogP contribution in [0.3, 0.4) is 0 Å². The van der Waals surface area contributed by atoms with Gasteiger partial charge in [0, 0.05) is 49.5 Å². The molecule has 1 aliphatic heterocycles. The summed E-state index contributed by atoms with van der Waals surface area (Å²) in [6.07, 6.45) is 5.46. The molecule has 0 amide bonds. The highest BCUT2D eigenvalue weighted by Crippen LogP contribution is 2.36. The predicted octanol–water partition coefficient (Wildman–Crippen LogP) is 4.36. The second-order valence-corrected chi connectivity index (χ2v) is 8.61. The molecule has 0 bridgehead atoms. The van der Waals surface area contributed by atoms with Gasteiger partial charge in [-0.15, -0.1) is 0 Å². The first-order valence-electron chi connectivity index (χ1n) is 11.0. The van der Waals surface area contributed by atoms with Crippen LogP contribution in [0.1, 0.15) is 49.1 Å². The summed E-state index contributed by atoms with van der Waals surface area (Å²) in [5.74, 6) is -2.02. The summed E-state index contributed by atoms with van der Waals surface area (Å²) >= 11 is 0. The maximum atomic E-state index is 14.0. The summed E-state index contributed by atoms with van der Waals surface area (Å²) in [5.41, 5.74) is 3.77. The molecule has 0 atom stereocenters. The molecule has 3 aromatic heterocycles. The minimum Gasteiger partial charge on any atom is -0.356 e. The van der Waals surface area contributed by atoms with E-state index in [0.29, 0.717) is 30.0 Å². The average Bonchev–Trinajstić information content (AvgIpc) is 2.98. The van der Waals surface area contributed by atoms with E-state index in [1.165, 1.54) is 12.3 Å². The molecular formula is C24H23F2N5O. The van der Waals surface area contributed by atoms with Crippen molar-refractivity contribution in [2.45, 2.75) is 50.9 Å². The van der Waals surface area contributed by atoms with Gasteiger partial charge in [0.15, 0.2) is 11.1 Å². The Bertz CT molecular complexity index is 1290. The number of H-pyrrole nitrogens is 1. The third-order valence-corrected chi connectivity index (χ3v) is 6.44. The molecule has 0 unspecified atom stereocenters. The van der Waals surface area contributed by atoms with E-state index in [4.69, 9.17) is 4.98 Å². The molecule has 32 heavy (non-hydrogen) atoms. The van der Waals surface area contributed by atoms with Gasteiger partial charge in [0.25, 0.3) is 0 Å². The first-order valence-corrected chi connectivity index (χ1v) is 11.0. The number of anilines is 1. The van der Waals surface area contributed by atoms with Crippen LogP contribution in [0, 0.1) is 11.3 Å². The molecule has 0 radical (unpaired) electrons. The summed E-state index contributed by atoms with van der Waals surface area (Å²) in [7, 11) is 0. The molecule has 6 nitrogen and oxygen atoms in total. The van der Waals surface area contributed by atoms with Crippen molar-refractivity contribution in [3.63, 3.8) is 0 Å². The van der Waals surface area contributed by atoms with E-state index in [1.807, 2.05) is 11.0 Å². The van der Waals surface area contributed by atoms with Gasteiger partial charge in [0.05, 0.1) is 16.6 Å². The lowest BCUT2D eigenvalue weighted by atomic mass is 9.93. The largest absolute Gasteiger partial charge is 0.356 e. The molecule has 1 aliphatic carbocycles. The maximum Gasteiger partial charge on any atom is 0.249 e. The monoisotopic (exact) mass is 435 g/mol. The number of halogens is 2. The number of hydrogen-bond acceptors (Lipinski definition) is 5. The normalized spacial score (nSPS) is 18.1. The lowest BCUT2D eigenvalue weighted by Gasteiger charge is -2.27. The van der Waals surface area contributed by atoms with Crippen molar-refractivity contribution in [3.8, 4) is 17.3 Å². The number of nitrogens with one attached hydrogen (secondary N) is 1. The van der Waals surface area contributed by atoms with Gasteiger partial charge in [-0.1, -0.05) is 0 Å². The van der Waals surface area contributed by atoms with Crippen molar-refractivity contribution < 1.29 is 8.78 Å². The first-order chi connectivity index (χ1) is 15.4. The molecule has 164 valence electrons. The quantitative estimate of drug-likeness (QED) is 0.646. The fraction of sp³-hybridized carbons (Fsp3) is 0.417. The lowest BCUT2D eigenvalue weighted by molar-refractivity contribution is -0.0102. The molecule has 0 aromatic carbocycles. The van der Waals surface area contributed by atoms with Crippen LogP contribution in [0.25, 0.3) is 22.2 Å². The van der Waals surface area contributed by atoms with Crippen LogP contribution in [0.5, 0.6) is 0 Å². The number of nitrogens with zero attached hydrogens (tertiary/aromatic N) is 4. The second kappa shape index (κ2) is 7.97. The van der Waals surface area contributed by atoms with Gasteiger partial charge in [-0.05, 0) is 49.8 Å². The molecule has 0 saturated carbocycles. The van der Waals surface area contributed by atoms with E-state index in [1.54, 1.807) is 6.07 Å². The van der Waals surface area contributed by atoms with Gasteiger partial charge in [-0.2, -0.15) is 5.26 Å². The van der Waals surface area contributed by atoms with E-state index in [2.05, 4.69) is 16.0 Å². The van der Waals surface area contributed by atoms with Gasteiger partial charge in [0.1, 0.15) is 11.9 Å². The number of pyridine rings is 3. The number of alkyl halides is 2. The fourth-order valence-electron chi connectivity index (χ4n) is 4.77. The highest BCUT2D eigenvalue weighted by Gasteiger charge is 2.33. The highest BCUT2D eigenvalue weighted by atomic mass is 19.3. The summed E-state index contributed by atoms with van der Waals surface area (Å²) in [6, 6.07) is 7.16. The third kappa shape index (κ3) is 3.72. The predicted molar refractivity (Wildman–Crippen MR) is 118 cm³/mol. The molecule has 0 spiro atoms. The van der Waals surface area contributed by atoms with Crippen molar-refractivity contribution in [1.82, 2.24) is 15.0 Å². The van der Waals surface area contributed by atoms with Gasteiger partial charge in [0.2, 0.25) is 5.92 Å². The average molecular weight is 435 g/mol. The summed E-state index contributed by atoms with van der Waals surface area (Å²) in [6.45, 7) is 0.709. The molecular weight excluding hydrogens is 412 g/mol. The fourth-order valence-corrected chi connectivity index (χ4v) is 4.77. The van der Waals surface area contributed by atoms with Crippen molar-refractivity contribution in [1.29, 1.82) is 5.26 Å². The topological polar surface area (TPSA) is 85.7 Å². The van der Waals surface area contributed by atoms with Crippen LogP contribution in [0.4, 0.5) is 14.6 Å². The summed E-state index contributed by atoms with van der Waals surface area (Å²) in [5, 5.41) is 9.57. The highest BCUT2D eigenvalue weighted by molar-refractivity contribution is 5.86. The van der Waals surface area contributed by atoms with E-state index in [0.717, 1.165) is 42.5 Å². The molecule has 1 N–H and O–H groups in total. The summed E-state index contributed by atoms with van der Waals surface area (Å²) < 4.78 is 28.0. The van der Waals surface area contributed by atoms with Gasteiger partial charge < -0.3 is 9.88 Å². The Balaban J connectivity index is 1.68. The number of aryl methyl sites for hydroxylation is 2. The van der Waals surface area contributed by atoms with E-state index in [-0.39, 0.29) is 35.9 Å². The number of rotatable bonds is 2. The Hall–Kier alpha value is -3.34. The van der Waals surface area contributed by atoms with Crippen LogP contribution in [0.15, 0.2) is 29.2 Å². The van der Waals surface area contributed by atoms with Crippen molar-refractivity contribution in [3.05, 3.63) is 51.6 Å². The number of aromatic amines is 1. The molecule has 5 rings (SSSR count). The second-order valence-electron chi connectivity index (χ2n) is 8.61. The van der Waals surface area contributed by atoms with Crippen LogP contribution in [-0.2, 0) is 12.8 Å². The molecule has 8 heteroatoms. The number of nitriles is 1. The van der Waals surface area contributed by atoms with Gasteiger partial charge >= 0.3 is 0 Å². The number of fused-ring (bicyclic) bond motifs is 2. The zero-order chi connectivity index (χ0) is 22.3. The van der Waals surface area contributed by atoms with E-state index in [9.17, 15) is 18.8 Å². The van der Waals surface area contributed by atoms with Gasteiger partial charge in [-0.25, -0.2) is 18.7 Å². The Morgan fingerprint density at radius 3 is 2.81 bits per heavy atom. The minimum absolute atomic E-state index is 0.0776. The van der Waals surface area contributed by atoms with Gasteiger partial charge in [-0.3, -0.25) is 4.79 Å². The molecule has 3 aromatic rings. The number of aromatic nitrogens is 3. The van der Waals surface area contributed by atoms with Crippen LogP contribution in [-0.4, -0.2) is 34.0 Å². The maximum absolute atomic E-state index is 14.0. The van der Waals surface area contributed by atoms with Crippen LogP contribution < -0.4 is 10.3 Å². The Kier molecular flexibility index (Phi) is 5.12. The first kappa shape index (κ1) is 20.6. The van der Waals surface area contributed by atoms with Crippen molar-refractivity contribution >= 4 is 16.7 Å². The Morgan fingerprint density at radius 1 is 1.12 bits per heavy atom. The third-order valence-electron chi connectivity index (χ3n) is 6.44. The van der Waals surface area contributed by atoms with Crippen molar-refractivity contribution in [2.24, 2.45) is 0 Å². The lowest BCUT2D eigenvalue weighted by Crippen LogP contribution is -2.28. The zero-order valence-electron chi connectivity index (χ0n) is 17.6. The van der Waals surface area contributed by atoms with E-state index >= 15 is 0 Å². The SMILES string of the molecule is N#Cc1nccc2[nH]c(-c3cc4c(nc3N3CCCC(F)(F)CC3)CCCC4)cc(=O)c12. The Labute approximate surface area is 183 Å². The van der Waals surface area contributed by atoms with Crippen molar-refractivity contribution in [2.75, 3.05) is 18.0 Å². The van der Waals surface area contributed by atoms with Crippen LogP contribution in [0.2, 0.25) is 0 Å². The zero-order valence-corrected chi connectivity index (χ0v) is 17.6. The molecule has 1 fully saturated rings. The van der Waals surface area contributed by atoms with E-state index < -0.39 is 5.92 Å². The molecule has 4 heterocycles. The Morgan fingerprint density at radius 2 is 1.97 bits per heavy atom. The smallest absolute Gasteiger partial charge is 0.249 e. The molecule has 2 aliphatic rings. The minimum atomic E-state index is -2.67. The summed E-state index contributed by atoms with van der Waals surface area (Å²) in [4.78, 5) is 27.1. The molecule has 1 saturated heterocycles. The number of hydrogen-bond donors (Lipinski definition) is 1.